The molecule has 130 valence electrons. The summed E-state index contributed by atoms with van der Waals surface area (Å²) in [5.41, 5.74) is 2.81. The van der Waals surface area contributed by atoms with Crippen LogP contribution >= 0.6 is 23.1 Å². The molecule has 1 amide bonds. The van der Waals surface area contributed by atoms with Crippen molar-refractivity contribution in [1.29, 1.82) is 5.26 Å². The van der Waals surface area contributed by atoms with Crippen LogP contribution in [0, 0.1) is 18.3 Å². The van der Waals surface area contributed by atoms with E-state index >= 15 is 0 Å². The van der Waals surface area contributed by atoms with Crippen LogP contribution in [0.15, 0.2) is 11.1 Å². The van der Waals surface area contributed by atoms with Gasteiger partial charge in [-0.15, -0.1) is 10.2 Å². The summed E-state index contributed by atoms with van der Waals surface area (Å²) < 4.78 is 0. The second kappa shape index (κ2) is 7.93. The topological polar surface area (TPSA) is 91.6 Å². The zero-order valence-electron chi connectivity index (χ0n) is 14.2. The quantitative estimate of drug-likeness (QED) is 0.651. The molecule has 0 aliphatic heterocycles. The highest BCUT2D eigenvalue weighted by atomic mass is 32.2. The molecule has 0 saturated carbocycles. The van der Waals surface area contributed by atoms with E-state index < -0.39 is 0 Å². The molecule has 0 aromatic carbocycles. The summed E-state index contributed by atoms with van der Waals surface area (Å²) in [4.78, 5) is 17.1. The van der Waals surface area contributed by atoms with Crippen LogP contribution in [0.3, 0.4) is 0 Å². The molecule has 2 aromatic heterocycles. The smallest absolute Gasteiger partial charge is 0.239 e. The van der Waals surface area contributed by atoms with E-state index in [1.54, 1.807) is 0 Å². The zero-order chi connectivity index (χ0) is 17.8. The van der Waals surface area contributed by atoms with Gasteiger partial charge < -0.3 is 0 Å². The fourth-order valence-electron chi connectivity index (χ4n) is 2.74. The van der Waals surface area contributed by atoms with Crippen molar-refractivity contribution in [3.63, 3.8) is 0 Å². The predicted molar refractivity (Wildman–Crippen MR) is 98.8 cm³/mol. The van der Waals surface area contributed by atoms with E-state index in [-0.39, 0.29) is 11.2 Å². The van der Waals surface area contributed by atoms with Gasteiger partial charge in [0.2, 0.25) is 11.0 Å². The fraction of sp³-hybridized carbons (Fsp3) is 0.471. The third-order valence-electron chi connectivity index (χ3n) is 4.05. The van der Waals surface area contributed by atoms with Gasteiger partial charge in [0.25, 0.3) is 0 Å². The standard InChI is InChI=1S/C17H19N5OS2/c1-10(15(23)20-17-22-21-11(2)25-17)24-16-13(9-18)8-12-6-4-3-5-7-14(12)19-16/h8,10H,3-7H2,1-2H3,(H,20,22,23). The van der Waals surface area contributed by atoms with Crippen molar-refractivity contribution in [2.45, 2.75) is 56.2 Å². The van der Waals surface area contributed by atoms with Crippen LogP contribution < -0.4 is 5.32 Å². The molecule has 25 heavy (non-hydrogen) atoms. The van der Waals surface area contributed by atoms with Crippen LogP contribution in [-0.4, -0.2) is 26.3 Å². The summed E-state index contributed by atoms with van der Waals surface area (Å²) in [5.74, 6) is -0.165. The Bertz CT molecular complexity index is 827. The number of aryl methyl sites for hydroxylation is 3. The Hall–Kier alpha value is -1.98. The average molecular weight is 374 g/mol. The number of carbonyl (C=O) groups excluding carboxylic acids is 1. The zero-order valence-corrected chi connectivity index (χ0v) is 15.8. The van der Waals surface area contributed by atoms with Crippen LogP contribution in [-0.2, 0) is 17.6 Å². The van der Waals surface area contributed by atoms with E-state index in [9.17, 15) is 10.1 Å². The molecule has 6 nitrogen and oxygen atoms in total. The monoisotopic (exact) mass is 373 g/mol. The average Bonchev–Trinajstić information content (AvgIpc) is 2.87. The number of nitriles is 1. The third kappa shape index (κ3) is 4.35. The van der Waals surface area contributed by atoms with Gasteiger partial charge in [0.15, 0.2) is 0 Å². The van der Waals surface area contributed by atoms with Crippen molar-refractivity contribution >= 4 is 34.1 Å². The first-order valence-electron chi connectivity index (χ1n) is 8.27. The van der Waals surface area contributed by atoms with Gasteiger partial charge in [0.1, 0.15) is 16.1 Å². The third-order valence-corrected chi connectivity index (χ3v) is 5.91. The van der Waals surface area contributed by atoms with Gasteiger partial charge in [0, 0.05) is 5.69 Å². The lowest BCUT2D eigenvalue weighted by atomic mass is 10.1. The normalized spacial score (nSPS) is 14.9. The van der Waals surface area contributed by atoms with Gasteiger partial charge in [0.05, 0.1) is 10.8 Å². The molecule has 1 aliphatic rings. The molecule has 1 aliphatic carbocycles. The Kier molecular flexibility index (Phi) is 5.66. The van der Waals surface area contributed by atoms with Crippen LogP contribution in [0.5, 0.6) is 0 Å². The van der Waals surface area contributed by atoms with Gasteiger partial charge in [-0.05, 0) is 51.2 Å². The summed E-state index contributed by atoms with van der Waals surface area (Å²) >= 11 is 2.66. The maximum absolute atomic E-state index is 12.4. The number of nitrogens with one attached hydrogen (secondary N) is 1. The molecule has 1 unspecified atom stereocenters. The van der Waals surface area contributed by atoms with Gasteiger partial charge in [-0.2, -0.15) is 5.26 Å². The Morgan fingerprint density at radius 2 is 2.16 bits per heavy atom. The van der Waals surface area contributed by atoms with E-state index in [1.807, 2.05) is 19.9 Å². The molecule has 0 saturated heterocycles. The molecular formula is C17H19N5OS2. The van der Waals surface area contributed by atoms with Crippen LogP contribution in [0.2, 0.25) is 0 Å². The predicted octanol–water partition coefficient (Wildman–Crippen LogP) is 3.50. The van der Waals surface area contributed by atoms with Crippen molar-refractivity contribution in [2.24, 2.45) is 0 Å². The van der Waals surface area contributed by atoms with E-state index in [4.69, 9.17) is 4.98 Å². The minimum atomic E-state index is -0.382. The van der Waals surface area contributed by atoms with E-state index in [0.29, 0.717) is 15.7 Å². The highest BCUT2D eigenvalue weighted by Crippen LogP contribution is 2.30. The molecule has 2 heterocycles. The fourth-order valence-corrected chi connectivity index (χ4v) is 4.23. The van der Waals surface area contributed by atoms with E-state index in [0.717, 1.165) is 36.4 Å². The summed E-state index contributed by atoms with van der Waals surface area (Å²) in [6, 6.07) is 4.18. The summed E-state index contributed by atoms with van der Waals surface area (Å²) in [6.45, 7) is 3.65. The number of hydrogen-bond acceptors (Lipinski definition) is 7. The molecule has 8 heteroatoms. The van der Waals surface area contributed by atoms with Gasteiger partial charge in [-0.3, -0.25) is 10.1 Å². The molecular weight excluding hydrogens is 354 g/mol. The van der Waals surface area contributed by atoms with Crippen molar-refractivity contribution in [3.05, 3.63) is 27.9 Å². The number of amides is 1. The minimum absolute atomic E-state index is 0.165. The molecule has 0 bridgehead atoms. The number of hydrogen-bond donors (Lipinski definition) is 1. The van der Waals surface area contributed by atoms with Crippen molar-refractivity contribution < 1.29 is 4.79 Å². The molecule has 0 radical (unpaired) electrons. The number of nitrogens with zero attached hydrogens (tertiary/aromatic N) is 4. The molecule has 1 atom stereocenters. The van der Waals surface area contributed by atoms with E-state index in [1.165, 1.54) is 35.1 Å². The first kappa shape index (κ1) is 17.8. The Morgan fingerprint density at radius 1 is 1.36 bits per heavy atom. The summed E-state index contributed by atoms with van der Waals surface area (Å²) in [5, 5.41) is 21.6. The van der Waals surface area contributed by atoms with Gasteiger partial charge in [-0.25, -0.2) is 4.98 Å². The van der Waals surface area contributed by atoms with Gasteiger partial charge >= 0.3 is 0 Å². The summed E-state index contributed by atoms with van der Waals surface area (Å²) in [7, 11) is 0. The molecule has 0 spiro atoms. The van der Waals surface area contributed by atoms with Crippen LogP contribution in [0.25, 0.3) is 0 Å². The highest BCUT2D eigenvalue weighted by molar-refractivity contribution is 8.00. The number of carbonyl (C=O) groups is 1. The number of fused-ring (bicyclic) bond motifs is 1. The lowest BCUT2D eigenvalue weighted by Gasteiger charge is -2.13. The molecule has 3 rings (SSSR count). The molecule has 0 fully saturated rings. The number of pyridine rings is 1. The largest absolute Gasteiger partial charge is 0.300 e. The maximum Gasteiger partial charge on any atom is 0.239 e. The minimum Gasteiger partial charge on any atom is -0.300 e. The van der Waals surface area contributed by atoms with Crippen LogP contribution in [0.1, 0.15) is 48.0 Å². The SMILES string of the molecule is Cc1nnc(NC(=O)C(C)Sc2nc3c(cc2C#N)CCCCC3)s1. The first-order valence-corrected chi connectivity index (χ1v) is 9.97. The Morgan fingerprint density at radius 3 is 2.88 bits per heavy atom. The molecule has 2 aromatic rings. The van der Waals surface area contributed by atoms with Crippen molar-refractivity contribution in [2.75, 3.05) is 5.32 Å². The first-order chi connectivity index (χ1) is 12.1. The Labute approximate surface area is 155 Å². The number of rotatable bonds is 4. The Balaban J connectivity index is 1.75. The lowest BCUT2D eigenvalue weighted by molar-refractivity contribution is -0.115. The maximum atomic E-state index is 12.4. The second-order valence-corrected chi connectivity index (χ2v) is 8.51. The van der Waals surface area contributed by atoms with E-state index in [2.05, 4.69) is 21.6 Å². The second-order valence-electron chi connectivity index (χ2n) is 5.99. The number of thioether (sulfide) groups is 1. The van der Waals surface area contributed by atoms with Gasteiger partial charge in [-0.1, -0.05) is 29.5 Å². The lowest BCUT2D eigenvalue weighted by Crippen LogP contribution is -2.22. The summed E-state index contributed by atoms with van der Waals surface area (Å²) in [6.07, 6.45) is 5.39. The highest BCUT2D eigenvalue weighted by Gasteiger charge is 2.21. The molecule has 1 N–H and O–H groups in total. The van der Waals surface area contributed by atoms with Crippen molar-refractivity contribution in [3.8, 4) is 6.07 Å². The van der Waals surface area contributed by atoms with Crippen LogP contribution in [0.4, 0.5) is 5.13 Å². The number of aromatic nitrogens is 3. The van der Waals surface area contributed by atoms with Crippen molar-refractivity contribution in [1.82, 2.24) is 15.2 Å². The number of anilines is 1.